The van der Waals surface area contributed by atoms with Crippen LogP contribution in [0, 0.1) is 17.0 Å². The largest absolute Gasteiger partial charge is 0.495 e. The van der Waals surface area contributed by atoms with E-state index in [0.717, 1.165) is 18.4 Å². The summed E-state index contributed by atoms with van der Waals surface area (Å²) < 4.78 is 10.2. The second-order valence-electron chi connectivity index (χ2n) is 5.74. The van der Waals surface area contributed by atoms with Gasteiger partial charge in [-0.1, -0.05) is 11.6 Å². The Balaban J connectivity index is 2.39. The summed E-state index contributed by atoms with van der Waals surface area (Å²) in [6.07, 6.45) is 3.24. The molecule has 0 bridgehead atoms. The van der Waals surface area contributed by atoms with E-state index in [-0.39, 0.29) is 11.5 Å². The molecule has 2 rings (SSSR count). The fourth-order valence-corrected chi connectivity index (χ4v) is 2.91. The highest BCUT2D eigenvalue weighted by Gasteiger charge is 2.24. The predicted molar refractivity (Wildman–Crippen MR) is 102 cm³/mol. The van der Waals surface area contributed by atoms with Crippen molar-refractivity contribution in [3.05, 3.63) is 45.1 Å². The molecule has 1 N–H and O–H groups in total. The summed E-state index contributed by atoms with van der Waals surface area (Å²) in [6.45, 7) is 3.08. The number of pyridine rings is 1. The molecule has 0 unspecified atom stereocenters. The van der Waals surface area contributed by atoms with E-state index in [2.05, 4.69) is 10.3 Å². The van der Waals surface area contributed by atoms with E-state index in [9.17, 15) is 10.1 Å². The zero-order valence-corrected chi connectivity index (χ0v) is 15.8. The van der Waals surface area contributed by atoms with Gasteiger partial charge in [-0.25, -0.2) is 4.98 Å². The van der Waals surface area contributed by atoms with Gasteiger partial charge >= 0.3 is 5.69 Å². The van der Waals surface area contributed by atoms with Crippen LogP contribution in [0.5, 0.6) is 5.75 Å². The number of hydrogen-bond acceptors (Lipinski definition) is 6. The second kappa shape index (κ2) is 9.35. The monoisotopic (exact) mass is 379 g/mol. The minimum absolute atomic E-state index is 0.0661. The number of rotatable bonds is 9. The molecule has 0 aliphatic carbocycles. The number of nitrogens with zero attached hydrogens (tertiary/aromatic N) is 2. The van der Waals surface area contributed by atoms with Crippen LogP contribution in [0.1, 0.15) is 18.4 Å². The van der Waals surface area contributed by atoms with Crippen LogP contribution in [0.3, 0.4) is 0 Å². The van der Waals surface area contributed by atoms with Crippen LogP contribution in [0.15, 0.2) is 24.4 Å². The average molecular weight is 380 g/mol. The van der Waals surface area contributed by atoms with Gasteiger partial charge in [-0.2, -0.15) is 0 Å². The maximum Gasteiger partial charge on any atom is 0.319 e. The van der Waals surface area contributed by atoms with E-state index in [1.807, 2.05) is 6.92 Å². The van der Waals surface area contributed by atoms with Gasteiger partial charge in [0.2, 0.25) is 5.82 Å². The summed E-state index contributed by atoms with van der Waals surface area (Å²) in [4.78, 5) is 15.4. The molecule has 2 aromatic rings. The smallest absolute Gasteiger partial charge is 0.319 e. The standard InChI is InChI=1S/C18H22ClN3O4/c1-12-10-16(26-3)15(19)11-14(12)13-6-8-21-18(17(13)22(23)24)20-7-4-5-9-25-2/h6,8,10-11H,4-5,7,9H2,1-3H3,(H,20,21). The maximum atomic E-state index is 11.7. The highest BCUT2D eigenvalue weighted by Crippen LogP contribution is 2.39. The number of ether oxygens (including phenoxy) is 2. The summed E-state index contributed by atoms with van der Waals surface area (Å²) in [5.74, 6) is 0.775. The molecule has 0 aliphatic heterocycles. The number of unbranched alkanes of at least 4 members (excludes halogenated alkanes) is 1. The molecule has 0 saturated carbocycles. The molecule has 8 heteroatoms. The Morgan fingerprint density at radius 1 is 1.27 bits per heavy atom. The molecule has 0 atom stereocenters. The number of nitrogens with one attached hydrogen (secondary N) is 1. The fourth-order valence-electron chi connectivity index (χ4n) is 2.67. The van der Waals surface area contributed by atoms with Crippen molar-refractivity contribution in [1.29, 1.82) is 0 Å². The Hall–Kier alpha value is -2.38. The molecule has 140 valence electrons. The van der Waals surface area contributed by atoms with Crippen molar-refractivity contribution >= 4 is 23.1 Å². The normalized spacial score (nSPS) is 10.6. The third kappa shape index (κ3) is 4.62. The number of benzene rings is 1. The van der Waals surface area contributed by atoms with Crippen LogP contribution >= 0.6 is 11.6 Å². The lowest BCUT2D eigenvalue weighted by Crippen LogP contribution is -2.08. The molecule has 1 aromatic carbocycles. The Labute approximate surface area is 157 Å². The zero-order chi connectivity index (χ0) is 19.1. The van der Waals surface area contributed by atoms with Crippen molar-refractivity contribution in [2.45, 2.75) is 19.8 Å². The Morgan fingerprint density at radius 2 is 2.04 bits per heavy atom. The number of methoxy groups -OCH3 is 2. The van der Waals surface area contributed by atoms with Crippen molar-refractivity contribution in [1.82, 2.24) is 4.98 Å². The van der Waals surface area contributed by atoms with Gasteiger partial charge < -0.3 is 14.8 Å². The first kappa shape index (κ1) is 19.9. The molecule has 1 aromatic heterocycles. The molecular formula is C18H22ClN3O4. The summed E-state index contributed by atoms with van der Waals surface area (Å²) in [5, 5.41) is 15.2. The topological polar surface area (TPSA) is 86.5 Å². The molecule has 0 spiro atoms. The van der Waals surface area contributed by atoms with Gasteiger partial charge in [0, 0.05) is 26.5 Å². The Morgan fingerprint density at radius 3 is 2.69 bits per heavy atom. The number of anilines is 1. The van der Waals surface area contributed by atoms with E-state index < -0.39 is 4.92 Å². The number of hydrogen-bond donors (Lipinski definition) is 1. The van der Waals surface area contributed by atoms with Crippen molar-refractivity contribution in [3.63, 3.8) is 0 Å². The van der Waals surface area contributed by atoms with Crippen molar-refractivity contribution in [3.8, 4) is 16.9 Å². The molecule has 7 nitrogen and oxygen atoms in total. The second-order valence-corrected chi connectivity index (χ2v) is 6.15. The Bertz CT molecular complexity index is 783. The van der Waals surface area contributed by atoms with Gasteiger partial charge in [-0.3, -0.25) is 10.1 Å². The molecule has 0 amide bonds. The third-order valence-corrected chi connectivity index (χ3v) is 4.26. The summed E-state index contributed by atoms with van der Waals surface area (Å²) >= 11 is 6.22. The van der Waals surface area contributed by atoms with E-state index in [1.54, 1.807) is 31.5 Å². The van der Waals surface area contributed by atoms with Crippen molar-refractivity contribution < 1.29 is 14.4 Å². The van der Waals surface area contributed by atoms with Crippen molar-refractivity contribution in [2.24, 2.45) is 0 Å². The quantitative estimate of drug-likeness (QED) is 0.393. The van der Waals surface area contributed by atoms with Gasteiger partial charge in [0.1, 0.15) is 5.75 Å². The Kier molecular flexibility index (Phi) is 7.17. The predicted octanol–water partition coefficient (Wildman–Crippen LogP) is 4.47. The molecule has 0 fully saturated rings. The molecule has 0 saturated heterocycles. The van der Waals surface area contributed by atoms with Gasteiger partial charge in [0.15, 0.2) is 0 Å². The highest BCUT2D eigenvalue weighted by molar-refractivity contribution is 6.32. The lowest BCUT2D eigenvalue weighted by atomic mass is 9.99. The van der Waals surface area contributed by atoms with E-state index in [0.29, 0.717) is 35.1 Å². The van der Waals surface area contributed by atoms with Gasteiger partial charge in [-0.15, -0.1) is 0 Å². The average Bonchev–Trinajstić information content (AvgIpc) is 2.62. The summed E-state index contributed by atoms with van der Waals surface area (Å²) in [7, 11) is 3.17. The van der Waals surface area contributed by atoms with Crippen LogP contribution in [-0.4, -0.2) is 37.3 Å². The maximum absolute atomic E-state index is 11.7. The molecule has 1 heterocycles. The highest BCUT2D eigenvalue weighted by atomic mass is 35.5. The lowest BCUT2D eigenvalue weighted by Gasteiger charge is -2.13. The number of nitro groups is 1. The molecule has 26 heavy (non-hydrogen) atoms. The zero-order valence-electron chi connectivity index (χ0n) is 15.0. The first-order chi connectivity index (χ1) is 12.5. The lowest BCUT2D eigenvalue weighted by molar-refractivity contribution is -0.383. The van der Waals surface area contributed by atoms with Crippen LogP contribution < -0.4 is 10.1 Å². The fraction of sp³-hybridized carbons (Fsp3) is 0.389. The van der Waals surface area contributed by atoms with Crippen LogP contribution in [0.2, 0.25) is 5.02 Å². The minimum atomic E-state index is -0.419. The van der Waals surface area contributed by atoms with Crippen LogP contribution in [0.4, 0.5) is 11.5 Å². The number of halogens is 1. The third-order valence-electron chi connectivity index (χ3n) is 3.96. The van der Waals surface area contributed by atoms with Gasteiger partial charge in [0.05, 0.1) is 22.6 Å². The first-order valence-electron chi connectivity index (χ1n) is 8.20. The van der Waals surface area contributed by atoms with Gasteiger partial charge in [-0.05, 0) is 49.1 Å². The van der Waals surface area contributed by atoms with E-state index in [1.165, 1.54) is 7.11 Å². The van der Waals surface area contributed by atoms with E-state index in [4.69, 9.17) is 21.1 Å². The van der Waals surface area contributed by atoms with Crippen molar-refractivity contribution in [2.75, 3.05) is 32.7 Å². The van der Waals surface area contributed by atoms with Gasteiger partial charge in [0.25, 0.3) is 0 Å². The minimum Gasteiger partial charge on any atom is -0.495 e. The first-order valence-corrected chi connectivity index (χ1v) is 8.58. The van der Waals surface area contributed by atoms with Crippen LogP contribution in [-0.2, 0) is 4.74 Å². The van der Waals surface area contributed by atoms with E-state index >= 15 is 0 Å². The summed E-state index contributed by atoms with van der Waals surface area (Å²) in [5.41, 5.74) is 1.90. The molecular weight excluding hydrogens is 358 g/mol. The number of aryl methyl sites for hydroxylation is 1. The molecule has 0 radical (unpaired) electrons. The number of aromatic nitrogens is 1. The molecule has 0 aliphatic rings. The SMILES string of the molecule is COCCCCNc1nccc(-c2cc(Cl)c(OC)cc2C)c1[N+](=O)[O-]. The van der Waals surface area contributed by atoms with Crippen LogP contribution in [0.25, 0.3) is 11.1 Å². The summed E-state index contributed by atoms with van der Waals surface area (Å²) in [6, 6.07) is 5.07.